The highest BCUT2D eigenvalue weighted by Gasteiger charge is 2.29. The maximum absolute atomic E-state index is 12.6. The van der Waals surface area contributed by atoms with Gasteiger partial charge in [-0.05, 0) is 51.0 Å². The van der Waals surface area contributed by atoms with Crippen molar-refractivity contribution in [1.29, 1.82) is 0 Å². The minimum atomic E-state index is -0.500. The Morgan fingerprint density at radius 3 is 2.60 bits per heavy atom. The second-order valence-electron chi connectivity index (χ2n) is 8.66. The van der Waals surface area contributed by atoms with E-state index < -0.39 is 5.60 Å². The number of fused-ring (bicyclic) bond motifs is 1. The molecule has 0 fully saturated rings. The minimum Gasteiger partial charge on any atom is -0.497 e. The van der Waals surface area contributed by atoms with E-state index >= 15 is 0 Å². The number of nitrogens with zero attached hydrogens (tertiary/aromatic N) is 3. The molecule has 0 saturated heterocycles. The molecule has 1 aromatic heterocycles. The van der Waals surface area contributed by atoms with Crippen molar-refractivity contribution in [3.05, 3.63) is 52.9 Å². The van der Waals surface area contributed by atoms with Gasteiger partial charge < -0.3 is 14.4 Å². The molecule has 0 radical (unpaired) electrons. The Morgan fingerprint density at radius 2 is 1.97 bits per heavy atom. The van der Waals surface area contributed by atoms with Gasteiger partial charge in [0.05, 0.1) is 25.9 Å². The predicted octanol–water partition coefficient (Wildman–Crippen LogP) is 5.05. The van der Waals surface area contributed by atoms with Gasteiger partial charge in [0.2, 0.25) is 0 Å². The average molecular weight is 412 g/mol. The van der Waals surface area contributed by atoms with Crippen molar-refractivity contribution in [3.8, 4) is 5.75 Å². The highest BCUT2D eigenvalue weighted by molar-refractivity contribution is 5.69. The fourth-order valence-corrected chi connectivity index (χ4v) is 3.53. The van der Waals surface area contributed by atoms with Gasteiger partial charge in [-0.1, -0.05) is 31.6 Å². The topological polar surface area (TPSA) is 56.6 Å². The summed E-state index contributed by atoms with van der Waals surface area (Å²) in [5.41, 5.74) is 3.93. The first kappa shape index (κ1) is 21.9. The van der Waals surface area contributed by atoms with E-state index in [1.807, 2.05) is 32.9 Å². The van der Waals surface area contributed by atoms with Gasteiger partial charge in [-0.3, -0.25) is 4.68 Å². The molecule has 0 N–H and O–H groups in total. The molecular formula is C24H33N3O3. The molecule has 1 amide bonds. The normalized spacial score (nSPS) is 14.1. The molecule has 1 aliphatic heterocycles. The molecule has 0 spiro atoms. The third-order valence-corrected chi connectivity index (χ3v) is 5.04. The number of ether oxygens (including phenoxy) is 2. The predicted molar refractivity (Wildman–Crippen MR) is 119 cm³/mol. The van der Waals surface area contributed by atoms with Crippen LogP contribution in [0.2, 0.25) is 0 Å². The summed E-state index contributed by atoms with van der Waals surface area (Å²) in [6.45, 7) is 9.70. The highest BCUT2D eigenvalue weighted by atomic mass is 16.6. The number of carbonyl (C=O) groups is 1. The number of carbonyl (C=O) groups excluding carboxylic acids is 1. The zero-order valence-corrected chi connectivity index (χ0v) is 18.8. The van der Waals surface area contributed by atoms with E-state index in [1.54, 1.807) is 12.0 Å². The van der Waals surface area contributed by atoms with Crippen LogP contribution in [-0.2, 0) is 24.2 Å². The fourth-order valence-electron chi connectivity index (χ4n) is 3.53. The second kappa shape index (κ2) is 9.37. The summed E-state index contributed by atoms with van der Waals surface area (Å²) in [6.07, 6.45) is 6.85. The summed E-state index contributed by atoms with van der Waals surface area (Å²) in [7, 11) is 1.67. The van der Waals surface area contributed by atoms with Gasteiger partial charge in [-0.15, -0.1) is 0 Å². The van der Waals surface area contributed by atoms with Crippen LogP contribution in [0.4, 0.5) is 4.79 Å². The van der Waals surface area contributed by atoms with Crippen LogP contribution >= 0.6 is 0 Å². The number of amides is 1. The van der Waals surface area contributed by atoms with Gasteiger partial charge in [-0.25, -0.2) is 4.79 Å². The van der Waals surface area contributed by atoms with E-state index in [0.29, 0.717) is 19.6 Å². The van der Waals surface area contributed by atoms with Crippen molar-refractivity contribution >= 4 is 12.2 Å². The Balaban J connectivity index is 1.86. The van der Waals surface area contributed by atoms with E-state index in [2.05, 4.69) is 35.9 Å². The first-order valence-corrected chi connectivity index (χ1v) is 10.7. The molecule has 0 bridgehead atoms. The van der Waals surface area contributed by atoms with Crippen molar-refractivity contribution in [2.24, 2.45) is 0 Å². The van der Waals surface area contributed by atoms with Crippen LogP contribution in [0.15, 0.2) is 30.3 Å². The van der Waals surface area contributed by atoms with Crippen molar-refractivity contribution in [3.63, 3.8) is 0 Å². The summed E-state index contributed by atoms with van der Waals surface area (Å²) >= 11 is 0. The lowest BCUT2D eigenvalue weighted by molar-refractivity contribution is 0.0222. The number of rotatable bonds is 6. The van der Waals surface area contributed by atoms with Crippen molar-refractivity contribution in [2.75, 3.05) is 13.7 Å². The summed E-state index contributed by atoms with van der Waals surface area (Å²) in [5, 5.41) is 4.89. The van der Waals surface area contributed by atoms with Crippen LogP contribution in [0, 0.1) is 0 Å². The van der Waals surface area contributed by atoms with Gasteiger partial charge >= 0.3 is 6.09 Å². The summed E-state index contributed by atoms with van der Waals surface area (Å²) < 4.78 is 12.9. The molecule has 0 saturated carbocycles. The second-order valence-corrected chi connectivity index (χ2v) is 8.66. The van der Waals surface area contributed by atoms with Crippen molar-refractivity contribution in [1.82, 2.24) is 14.7 Å². The average Bonchev–Trinajstić information content (AvgIpc) is 3.04. The van der Waals surface area contributed by atoms with E-state index in [4.69, 9.17) is 14.6 Å². The third kappa shape index (κ3) is 5.43. The Labute approximate surface area is 179 Å². The van der Waals surface area contributed by atoms with Gasteiger partial charge in [-0.2, -0.15) is 5.10 Å². The number of allylic oxidation sites excluding steroid dienone is 1. The molecule has 3 rings (SSSR count). The zero-order valence-electron chi connectivity index (χ0n) is 18.8. The molecule has 0 unspecified atom stereocenters. The van der Waals surface area contributed by atoms with Crippen LogP contribution in [0.5, 0.6) is 5.75 Å². The first-order chi connectivity index (χ1) is 14.3. The lowest BCUT2D eigenvalue weighted by atomic mass is 10.0. The Hall–Kier alpha value is -2.76. The van der Waals surface area contributed by atoms with Gasteiger partial charge in [0, 0.05) is 24.2 Å². The lowest BCUT2D eigenvalue weighted by Gasteiger charge is -2.30. The quantitative estimate of drug-likeness (QED) is 0.668. The Bertz CT molecular complexity index is 892. The van der Waals surface area contributed by atoms with E-state index in [9.17, 15) is 4.79 Å². The number of hydrogen-bond donors (Lipinski definition) is 0. The Morgan fingerprint density at radius 1 is 1.23 bits per heavy atom. The monoisotopic (exact) mass is 411 g/mol. The molecule has 1 aliphatic rings. The van der Waals surface area contributed by atoms with Crippen LogP contribution < -0.4 is 4.74 Å². The number of methoxy groups -OCH3 is 1. The highest BCUT2D eigenvalue weighted by Crippen LogP contribution is 2.26. The first-order valence-electron chi connectivity index (χ1n) is 10.7. The van der Waals surface area contributed by atoms with Crippen molar-refractivity contribution in [2.45, 2.75) is 65.6 Å². The molecule has 30 heavy (non-hydrogen) atoms. The summed E-state index contributed by atoms with van der Waals surface area (Å²) in [4.78, 5) is 14.4. The van der Waals surface area contributed by atoms with Gasteiger partial charge in [0.25, 0.3) is 0 Å². The Kier molecular flexibility index (Phi) is 6.85. The number of benzene rings is 1. The largest absolute Gasteiger partial charge is 0.497 e. The lowest BCUT2D eigenvalue weighted by Crippen LogP contribution is -2.40. The third-order valence-electron chi connectivity index (χ3n) is 5.04. The summed E-state index contributed by atoms with van der Waals surface area (Å²) in [6, 6.07) is 8.07. The van der Waals surface area contributed by atoms with Gasteiger partial charge in [0.1, 0.15) is 11.4 Å². The molecule has 6 nitrogen and oxygen atoms in total. The zero-order chi connectivity index (χ0) is 21.7. The molecule has 2 aromatic rings. The molecule has 1 aromatic carbocycles. The minimum absolute atomic E-state index is 0.264. The standard InChI is InChI=1S/C24H33N3O3/c1-6-7-8-9-21-20-17-26(23(28)30-24(2,3)4)15-14-22(20)27(25-21)16-18-10-12-19(29-5)13-11-18/h8-13H,6-7,14-17H2,1-5H3/b9-8+. The summed E-state index contributed by atoms with van der Waals surface area (Å²) in [5.74, 6) is 0.845. The smallest absolute Gasteiger partial charge is 0.410 e. The molecular weight excluding hydrogens is 378 g/mol. The maximum Gasteiger partial charge on any atom is 0.410 e. The van der Waals surface area contributed by atoms with E-state index in [0.717, 1.165) is 36.3 Å². The van der Waals surface area contributed by atoms with Gasteiger partial charge in [0.15, 0.2) is 0 Å². The fraction of sp³-hybridized carbons (Fsp3) is 0.500. The number of aromatic nitrogens is 2. The molecule has 0 atom stereocenters. The number of hydrogen-bond acceptors (Lipinski definition) is 4. The molecule has 162 valence electrons. The van der Waals surface area contributed by atoms with E-state index in [-0.39, 0.29) is 6.09 Å². The van der Waals surface area contributed by atoms with Crippen molar-refractivity contribution < 1.29 is 14.3 Å². The maximum atomic E-state index is 12.6. The molecule has 6 heteroatoms. The molecule has 0 aliphatic carbocycles. The SMILES string of the molecule is CCC/C=C/c1nn(Cc2ccc(OC)cc2)c2c1CN(C(=O)OC(C)(C)C)CC2. The number of unbranched alkanes of at least 4 members (excludes halogenated alkanes) is 1. The van der Waals surface area contributed by atoms with E-state index in [1.165, 1.54) is 11.3 Å². The van der Waals surface area contributed by atoms with Crippen LogP contribution in [0.3, 0.4) is 0 Å². The molecule has 2 heterocycles. The van der Waals surface area contributed by atoms with Crippen LogP contribution in [-0.4, -0.2) is 40.0 Å². The van der Waals surface area contributed by atoms with Crippen LogP contribution in [0.25, 0.3) is 6.08 Å². The van der Waals surface area contributed by atoms with Crippen LogP contribution in [0.1, 0.15) is 63.1 Å².